The molecule has 0 unspecified atom stereocenters. The van der Waals surface area contributed by atoms with E-state index in [4.69, 9.17) is 9.84 Å². The molecule has 23 heavy (non-hydrogen) atoms. The number of carbonyl (C=O) groups is 1. The second-order valence-electron chi connectivity index (χ2n) is 5.09. The first-order valence-corrected chi connectivity index (χ1v) is 8.57. The lowest BCUT2D eigenvalue weighted by atomic mass is 10.2. The highest BCUT2D eigenvalue weighted by atomic mass is 32.2. The molecule has 6 nitrogen and oxygen atoms in total. The Morgan fingerprint density at radius 2 is 2.22 bits per heavy atom. The van der Waals surface area contributed by atoms with Gasteiger partial charge in [-0.25, -0.2) is 4.79 Å². The van der Waals surface area contributed by atoms with Crippen molar-refractivity contribution in [3.8, 4) is 5.75 Å². The maximum atomic E-state index is 10.9. The number of rotatable bonds is 9. The van der Waals surface area contributed by atoms with Gasteiger partial charge in [-0.3, -0.25) is 0 Å². The number of carboxylic acid groups (broad SMARTS) is 1. The molecule has 0 saturated carbocycles. The molecule has 0 fully saturated rings. The summed E-state index contributed by atoms with van der Waals surface area (Å²) < 4.78 is 7.62. The van der Waals surface area contributed by atoms with Crippen molar-refractivity contribution in [3.63, 3.8) is 0 Å². The molecule has 0 radical (unpaired) electrons. The van der Waals surface area contributed by atoms with E-state index in [-0.39, 0.29) is 5.56 Å². The standard InChI is InChI=1S/C16H21N3O3S/c1-3-6-14-17-18-16(19(14)2)23-10-5-9-22-13-8-4-7-12(11-13)15(20)21/h4,7-8,11H,3,5-6,9-10H2,1-2H3,(H,20,21). The van der Waals surface area contributed by atoms with E-state index in [1.807, 2.05) is 11.6 Å². The molecule has 0 atom stereocenters. The fourth-order valence-corrected chi connectivity index (χ4v) is 2.89. The van der Waals surface area contributed by atoms with E-state index in [9.17, 15) is 4.79 Å². The van der Waals surface area contributed by atoms with E-state index in [0.29, 0.717) is 12.4 Å². The molecule has 2 aromatic rings. The third-order valence-corrected chi connectivity index (χ3v) is 4.37. The molecule has 0 saturated heterocycles. The Labute approximate surface area is 139 Å². The van der Waals surface area contributed by atoms with Crippen LogP contribution in [0, 0.1) is 0 Å². The fourth-order valence-electron chi connectivity index (χ4n) is 2.04. The largest absolute Gasteiger partial charge is 0.494 e. The summed E-state index contributed by atoms with van der Waals surface area (Å²) in [5, 5.41) is 18.2. The Bertz CT molecular complexity index is 658. The SMILES string of the molecule is CCCc1nnc(SCCCOc2cccc(C(=O)O)c2)n1C. The molecule has 0 bridgehead atoms. The lowest BCUT2D eigenvalue weighted by Crippen LogP contribution is -2.02. The number of hydrogen-bond donors (Lipinski definition) is 1. The lowest BCUT2D eigenvalue weighted by molar-refractivity contribution is 0.0696. The maximum absolute atomic E-state index is 10.9. The Morgan fingerprint density at radius 3 is 2.96 bits per heavy atom. The molecule has 0 aliphatic rings. The van der Waals surface area contributed by atoms with Crippen molar-refractivity contribution in [1.29, 1.82) is 0 Å². The van der Waals surface area contributed by atoms with Gasteiger partial charge in [-0.1, -0.05) is 24.8 Å². The van der Waals surface area contributed by atoms with Gasteiger partial charge in [0, 0.05) is 19.2 Å². The van der Waals surface area contributed by atoms with Gasteiger partial charge in [-0.2, -0.15) is 0 Å². The summed E-state index contributed by atoms with van der Waals surface area (Å²) in [6.45, 7) is 2.66. The number of thioether (sulfide) groups is 1. The minimum absolute atomic E-state index is 0.236. The second kappa shape index (κ2) is 8.57. The molecular weight excluding hydrogens is 314 g/mol. The first-order valence-electron chi connectivity index (χ1n) is 7.59. The number of aryl methyl sites for hydroxylation is 1. The lowest BCUT2D eigenvalue weighted by Gasteiger charge is -2.07. The number of aromatic nitrogens is 3. The summed E-state index contributed by atoms with van der Waals surface area (Å²) in [7, 11) is 1.99. The van der Waals surface area contributed by atoms with Gasteiger partial charge in [0.15, 0.2) is 5.16 Å². The fraction of sp³-hybridized carbons (Fsp3) is 0.438. The predicted octanol–water partition coefficient (Wildman–Crippen LogP) is 3.03. The summed E-state index contributed by atoms with van der Waals surface area (Å²) in [6.07, 6.45) is 2.84. The number of benzene rings is 1. The molecular formula is C16H21N3O3S. The van der Waals surface area contributed by atoms with Crippen molar-refractivity contribution in [2.24, 2.45) is 7.05 Å². The van der Waals surface area contributed by atoms with E-state index >= 15 is 0 Å². The van der Waals surface area contributed by atoms with Crippen LogP contribution in [0.3, 0.4) is 0 Å². The third kappa shape index (κ3) is 4.99. The summed E-state index contributed by atoms with van der Waals surface area (Å²) in [4.78, 5) is 10.9. The molecule has 0 amide bonds. The zero-order valence-electron chi connectivity index (χ0n) is 13.4. The van der Waals surface area contributed by atoms with Crippen LogP contribution in [0.5, 0.6) is 5.75 Å². The molecule has 1 heterocycles. The number of nitrogens with zero attached hydrogens (tertiary/aromatic N) is 3. The van der Waals surface area contributed by atoms with E-state index in [1.54, 1.807) is 30.0 Å². The van der Waals surface area contributed by atoms with E-state index in [2.05, 4.69) is 17.1 Å². The molecule has 124 valence electrons. The van der Waals surface area contributed by atoms with Gasteiger partial charge in [-0.05, 0) is 31.0 Å². The Balaban J connectivity index is 1.74. The first kappa shape index (κ1) is 17.3. The molecule has 0 aliphatic heterocycles. The van der Waals surface area contributed by atoms with Crippen LogP contribution >= 0.6 is 11.8 Å². The number of ether oxygens (including phenoxy) is 1. The van der Waals surface area contributed by atoms with Gasteiger partial charge in [0.2, 0.25) is 0 Å². The maximum Gasteiger partial charge on any atom is 0.335 e. The molecule has 1 N–H and O–H groups in total. The highest BCUT2D eigenvalue weighted by molar-refractivity contribution is 7.99. The molecule has 1 aromatic carbocycles. The van der Waals surface area contributed by atoms with Crippen LogP contribution in [-0.2, 0) is 13.5 Å². The minimum Gasteiger partial charge on any atom is -0.494 e. The van der Waals surface area contributed by atoms with Crippen molar-refractivity contribution < 1.29 is 14.6 Å². The second-order valence-corrected chi connectivity index (χ2v) is 6.15. The van der Waals surface area contributed by atoms with Crippen molar-refractivity contribution in [2.75, 3.05) is 12.4 Å². The normalized spacial score (nSPS) is 10.7. The Hall–Kier alpha value is -2.02. The highest BCUT2D eigenvalue weighted by Crippen LogP contribution is 2.18. The summed E-state index contributed by atoms with van der Waals surface area (Å²) in [6, 6.07) is 6.53. The van der Waals surface area contributed by atoms with Gasteiger partial charge in [0.25, 0.3) is 0 Å². The number of carboxylic acids is 1. The molecule has 2 rings (SSSR count). The van der Waals surface area contributed by atoms with Crippen LogP contribution in [0.2, 0.25) is 0 Å². The van der Waals surface area contributed by atoms with Crippen LogP contribution in [0.25, 0.3) is 0 Å². The molecule has 0 spiro atoms. The van der Waals surface area contributed by atoms with Crippen molar-refractivity contribution >= 4 is 17.7 Å². The van der Waals surface area contributed by atoms with Gasteiger partial charge in [0.1, 0.15) is 11.6 Å². The zero-order chi connectivity index (χ0) is 16.7. The van der Waals surface area contributed by atoms with Crippen LogP contribution in [0.15, 0.2) is 29.4 Å². The van der Waals surface area contributed by atoms with Crippen molar-refractivity contribution in [3.05, 3.63) is 35.7 Å². The van der Waals surface area contributed by atoms with Crippen molar-refractivity contribution in [1.82, 2.24) is 14.8 Å². The molecule has 7 heteroatoms. The van der Waals surface area contributed by atoms with Crippen LogP contribution in [0.4, 0.5) is 0 Å². The minimum atomic E-state index is -0.948. The van der Waals surface area contributed by atoms with Gasteiger partial charge >= 0.3 is 5.97 Å². The van der Waals surface area contributed by atoms with E-state index in [0.717, 1.165) is 36.0 Å². The molecule has 1 aromatic heterocycles. The molecule has 0 aliphatic carbocycles. The van der Waals surface area contributed by atoms with Crippen molar-refractivity contribution in [2.45, 2.75) is 31.3 Å². The van der Waals surface area contributed by atoms with Crippen LogP contribution in [0.1, 0.15) is 35.9 Å². The van der Waals surface area contributed by atoms with E-state index < -0.39 is 5.97 Å². The average molecular weight is 335 g/mol. The summed E-state index contributed by atoms with van der Waals surface area (Å²) in [5.74, 6) is 1.52. The topological polar surface area (TPSA) is 77.2 Å². The summed E-state index contributed by atoms with van der Waals surface area (Å²) >= 11 is 1.65. The summed E-state index contributed by atoms with van der Waals surface area (Å²) in [5.41, 5.74) is 0.236. The van der Waals surface area contributed by atoms with Crippen LogP contribution < -0.4 is 4.74 Å². The third-order valence-electron chi connectivity index (χ3n) is 3.27. The first-order chi connectivity index (χ1) is 11.1. The Kier molecular flexibility index (Phi) is 6.46. The monoisotopic (exact) mass is 335 g/mol. The highest BCUT2D eigenvalue weighted by Gasteiger charge is 2.08. The Morgan fingerprint density at radius 1 is 1.39 bits per heavy atom. The number of aromatic carboxylic acids is 1. The quantitative estimate of drug-likeness (QED) is 0.561. The van der Waals surface area contributed by atoms with Gasteiger partial charge in [0.05, 0.1) is 12.2 Å². The van der Waals surface area contributed by atoms with Gasteiger partial charge in [-0.15, -0.1) is 10.2 Å². The average Bonchev–Trinajstić information content (AvgIpc) is 2.88. The zero-order valence-corrected chi connectivity index (χ0v) is 14.2. The number of hydrogen-bond acceptors (Lipinski definition) is 5. The predicted molar refractivity (Wildman–Crippen MR) is 89.2 cm³/mol. The van der Waals surface area contributed by atoms with E-state index in [1.165, 1.54) is 6.07 Å². The smallest absolute Gasteiger partial charge is 0.335 e. The van der Waals surface area contributed by atoms with Gasteiger partial charge < -0.3 is 14.4 Å². The van der Waals surface area contributed by atoms with Crippen LogP contribution in [-0.4, -0.2) is 38.2 Å².